The summed E-state index contributed by atoms with van der Waals surface area (Å²) in [6.07, 6.45) is -2.85. The lowest BCUT2D eigenvalue weighted by atomic mass is 9.83. The van der Waals surface area contributed by atoms with Crippen LogP contribution in [0.5, 0.6) is 5.75 Å². The number of rotatable bonds is 5. The van der Waals surface area contributed by atoms with E-state index in [2.05, 4.69) is 4.98 Å². The Morgan fingerprint density at radius 2 is 1.86 bits per heavy atom. The first-order chi connectivity index (χ1) is 16.4. The van der Waals surface area contributed by atoms with Crippen molar-refractivity contribution in [3.05, 3.63) is 59.9 Å². The summed E-state index contributed by atoms with van der Waals surface area (Å²) in [7, 11) is -3.29. The number of nitrogens with zero attached hydrogens (tertiary/aromatic N) is 2. The predicted octanol–water partition coefficient (Wildman–Crippen LogP) is 2.27. The molecule has 0 radical (unpaired) electrons. The second kappa shape index (κ2) is 10.2. The fourth-order valence-corrected chi connectivity index (χ4v) is 6.46. The Balaban J connectivity index is 0.000000429. The number of carboxylic acids is 1. The van der Waals surface area contributed by atoms with Gasteiger partial charge in [0, 0.05) is 30.8 Å². The highest BCUT2D eigenvalue weighted by Gasteiger charge is 2.62. The number of pyridine rings is 1. The van der Waals surface area contributed by atoms with Crippen LogP contribution in [0.25, 0.3) is 0 Å². The summed E-state index contributed by atoms with van der Waals surface area (Å²) in [5.41, 5.74) is 1.15. The Morgan fingerprint density at radius 3 is 2.43 bits per heavy atom. The highest BCUT2D eigenvalue weighted by Crippen LogP contribution is 2.45. The second-order valence-electron chi connectivity index (χ2n) is 8.22. The molecule has 1 aromatic heterocycles. The van der Waals surface area contributed by atoms with Gasteiger partial charge in [0.15, 0.2) is 9.84 Å². The second-order valence-corrected chi connectivity index (χ2v) is 10.7. The van der Waals surface area contributed by atoms with Gasteiger partial charge in [-0.25, -0.2) is 13.2 Å². The van der Waals surface area contributed by atoms with Crippen LogP contribution in [-0.2, 0) is 26.0 Å². The van der Waals surface area contributed by atoms with Gasteiger partial charge in [-0.3, -0.25) is 9.78 Å². The molecule has 0 aliphatic carbocycles. The molecule has 1 amide bonds. The van der Waals surface area contributed by atoms with Crippen LogP contribution in [-0.4, -0.2) is 76.8 Å². The first-order valence-electron chi connectivity index (χ1n) is 10.4. The molecule has 1 atom stereocenters. The van der Waals surface area contributed by atoms with Crippen molar-refractivity contribution in [1.29, 1.82) is 0 Å². The number of likely N-dealkylation sites (tertiary alicyclic amines) is 1. The third-order valence-electron chi connectivity index (χ3n) is 5.93. The molecular formula is C22H23F3N2O7S. The number of carboxylic acid groups (broad SMARTS) is 1. The average Bonchev–Trinajstić information content (AvgIpc) is 3.03. The van der Waals surface area contributed by atoms with Gasteiger partial charge in [-0.2, -0.15) is 13.2 Å². The van der Waals surface area contributed by atoms with Crippen LogP contribution in [0, 0.1) is 5.92 Å². The highest BCUT2D eigenvalue weighted by molar-refractivity contribution is 7.93. The molecule has 0 saturated carbocycles. The zero-order valence-electron chi connectivity index (χ0n) is 18.3. The van der Waals surface area contributed by atoms with E-state index in [1.54, 1.807) is 18.3 Å². The number of hydrogen-bond acceptors (Lipinski definition) is 7. The Kier molecular flexibility index (Phi) is 7.70. The van der Waals surface area contributed by atoms with Gasteiger partial charge >= 0.3 is 12.1 Å². The van der Waals surface area contributed by atoms with E-state index in [1.807, 2.05) is 18.2 Å². The van der Waals surface area contributed by atoms with E-state index < -0.39 is 26.7 Å². The summed E-state index contributed by atoms with van der Waals surface area (Å²) in [4.78, 5) is 27.2. The van der Waals surface area contributed by atoms with Crippen LogP contribution in [0.15, 0.2) is 48.7 Å². The van der Waals surface area contributed by atoms with Crippen molar-refractivity contribution in [3.63, 3.8) is 0 Å². The normalized spacial score (nSPS) is 20.0. The molecule has 35 heavy (non-hydrogen) atoms. The molecule has 2 N–H and O–H groups in total. The number of alkyl halides is 3. The molecule has 2 fully saturated rings. The van der Waals surface area contributed by atoms with Crippen molar-refractivity contribution in [1.82, 2.24) is 9.88 Å². The molecule has 2 aliphatic heterocycles. The lowest BCUT2D eigenvalue weighted by Crippen LogP contribution is -2.68. The summed E-state index contributed by atoms with van der Waals surface area (Å²) in [6.45, 7) is 0.992. The topological polar surface area (TPSA) is 134 Å². The van der Waals surface area contributed by atoms with Gasteiger partial charge in [0.25, 0.3) is 5.91 Å². The van der Waals surface area contributed by atoms with E-state index in [0.717, 1.165) is 5.69 Å². The van der Waals surface area contributed by atoms with Crippen molar-refractivity contribution in [2.75, 3.05) is 25.4 Å². The molecule has 190 valence electrons. The summed E-state index contributed by atoms with van der Waals surface area (Å²) in [5, 5.41) is 16.7. The Morgan fingerprint density at radius 1 is 1.17 bits per heavy atom. The Bertz CT molecular complexity index is 1170. The smallest absolute Gasteiger partial charge is 0.490 e. The van der Waals surface area contributed by atoms with Gasteiger partial charge in [0.05, 0.1) is 24.7 Å². The van der Waals surface area contributed by atoms with Crippen LogP contribution in [0.3, 0.4) is 0 Å². The number of phenolic OH excluding ortho intramolecular Hbond substituents is 1. The molecule has 3 heterocycles. The van der Waals surface area contributed by atoms with Gasteiger partial charge in [-0.15, -0.1) is 0 Å². The fraction of sp³-hybridized carbons (Fsp3) is 0.409. The number of benzene rings is 1. The minimum atomic E-state index is -5.08. The van der Waals surface area contributed by atoms with Crippen molar-refractivity contribution in [2.45, 2.75) is 24.0 Å². The van der Waals surface area contributed by atoms with E-state index in [1.165, 1.54) is 17.0 Å². The van der Waals surface area contributed by atoms with E-state index in [9.17, 15) is 31.5 Å². The first kappa shape index (κ1) is 26.4. The molecule has 2 aromatic rings. The maximum Gasteiger partial charge on any atom is 0.490 e. The van der Waals surface area contributed by atoms with Gasteiger partial charge < -0.3 is 19.8 Å². The van der Waals surface area contributed by atoms with Crippen LogP contribution in [0.1, 0.15) is 22.5 Å². The van der Waals surface area contributed by atoms with Gasteiger partial charge in [-0.05, 0) is 36.8 Å². The number of phenols is 1. The van der Waals surface area contributed by atoms with Gasteiger partial charge in [0.2, 0.25) is 0 Å². The number of carbonyl (C=O) groups excluding carboxylic acids is 1. The van der Waals surface area contributed by atoms with Crippen LogP contribution >= 0.6 is 0 Å². The molecule has 9 nitrogen and oxygen atoms in total. The number of aliphatic carboxylic acids is 1. The summed E-state index contributed by atoms with van der Waals surface area (Å²) in [6, 6.07) is 11.7. The molecule has 2 saturated heterocycles. The van der Waals surface area contributed by atoms with Crippen LogP contribution in [0.2, 0.25) is 0 Å². The van der Waals surface area contributed by atoms with Crippen LogP contribution < -0.4 is 0 Å². The maximum atomic E-state index is 12.7. The summed E-state index contributed by atoms with van der Waals surface area (Å²) >= 11 is 0. The largest absolute Gasteiger partial charge is 0.508 e. The maximum absolute atomic E-state index is 12.7. The zero-order valence-corrected chi connectivity index (χ0v) is 19.1. The van der Waals surface area contributed by atoms with Crippen LogP contribution in [0.4, 0.5) is 13.2 Å². The van der Waals surface area contributed by atoms with Gasteiger partial charge in [-0.1, -0.05) is 12.1 Å². The summed E-state index contributed by atoms with van der Waals surface area (Å²) < 4.78 is 62.0. The molecule has 1 aromatic carbocycles. The average molecular weight is 516 g/mol. The van der Waals surface area contributed by atoms with E-state index in [4.69, 9.17) is 14.6 Å². The first-order valence-corrected chi connectivity index (χ1v) is 12.1. The molecule has 1 unspecified atom stereocenters. The number of sulfone groups is 1. The third kappa shape index (κ3) is 5.90. The number of ether oxygens (including phenoxy) is 1. The molecule has 2 aliphatic rings. The predicted molar refractivity (Wildman–Crippen MR) is 116 cm³/mol. The quantitative estimate of drug-likeness (QED) is 0.618. The zero-order chi connectivity index (χ0) is 25.9. The van der Waals surface area contributed by atoms with E-state index >= 15 is 0 Å². The Hall–Kier alpha value is -3.19. The number of aromatic nitrogens is 1. The molecule has 13 heteroatoms. The molecule has 4 rings (SSSR count). The third-order valence-corrected chi connectivity index (χ3v) is 8.54. The molecule has 1 spiro atoms. The number of aromatic hydroxyl groups is 1. The van der Waals surface area contributed by atoms with E-state index in [0.29, 0.717) is 25.2 Å². The highest BCUT2D eigenvalue weighted by atomic mass is 32.2. The lowest BCUT2D eigenvalue weighted by molar-refractivity contribution is -0.192. The molecule has 0 bridgehead atoms. The fourth-order valence-electron chi connectivity index (χ4n) is 4.06. The number of amides is 1. The summed E-state index contributed by atoms with van der Waals surface area (Å²) in [5.74, 6) is -3.03. The minimum Gasteiger partial charge on any atom is -0.508 e. The minimum absolute atomic E-state index is 0.00960. The monoisotopic (exact) mass is 516 g/mol. The van der Waals surface area contributed by atoms with E-state index in [-0.39, 0.29) is 36.4 Å². The lowest BCUT2D eigenvalue weighted by Gasteiger charge is -2.49. The number of carbonyl (C=O) groups is 2. The van der Waals surface area contributed by atoms with Crippen molar-refractivity contribution in [2.24, 2.45) is 5.92 Å². The van der Waals surface area contributed by atoms with Crippen molar-refractivity contribution >= 4 is 21.7 Å². The number of hydrogen-bond donors (Lipinski definition) is 2. The molecular weight excluding hydrogens is 493 g/mol. The standard InChI is InChI=1S/C20H22N2O5S.C2HF3O2/c23-18-6-3-4-15(10-18)19(24)22-13-20(14-22)16(7-9-28(20,25)26)11-27-12-17-5-1-2-8-21-17;3-2(4,5)1(6)7/h1-6,8,10,16,23H,7,9,11-14H2;(H,6,7). The van der Waals surface area contributed by atoms with Gasteiger partial charge in [0.1, 0.15) is 10.5 Å². The number of halogens is 3. The Labute approximate surface area is 199 Å². The van der Waals surface area contributed by atoms with Crippen molar-refractivity contribution < 1.29 is 46.1 Å². The SMILES string of the molecule is O=C(O)C(F)(F)F.O=C(c1cccc(O)c1)N1CC2(C1)C(COCc1ccccn1)CCS2(=O)=O. The van der Waals surface area contributed by atoms with Crippen molar-refractivity contribution in [3.8, 4) is 5.75 Å².